The van der Waals surface area contributed by atoms with E-state index in [1.54, 1.807) is 29.6 Å². The van der Waals surface area contributed by atoms with E-state index in [1.165, 1.54) is 23.5 Å². The van der Waals surface area contributed by atoms with Gasteiger partial charge >= 0.3 is 6.18 Å². The SMILES string of the molecule is O=C(Cc1csc(COc2ccc(Cl)cc2)n1)Nc1cccc(C(F)(F)F)c1. The van der Waals surface area contributed by atoms with Crippen molar-refractivity contribution < 1.29 is 22.7 Å². The second kappa shape index (κ2) is 8.62. The van der Waals surface area contributed by atoms with Crippen LogP contribution >= 0.6 is 22.9 Å². The van der Waals surface area contributed by atoms with E-state index < -0.39 is 17.6 Å². The van der Waals surface area contributed by atoms with Gasteiger partial charge in [0.15, 0.2) is 0 Å². The number of ether oxygens (including phenoxy) is 1. The Hall–Kier alpha value is -2.58. The first-order chi connectivity index (χ1) is 13.3. The first-order valence-corrected chi connectivity index (χ1v) is 9.34. The molecule has 0 aliphatic rings. The normalized spacial score (nSPS) is 11.3. The fraction of sp³-hybridized carbons (Fsp3) is 0.158. The second-order valence-electron chi connectivity index (χ2n) is 5.78. The Bertz CT molecular complexity index is 958. The molecule has 0 fully saturated rings. The number of alkyl halides is 3. The highest BCUT2D eigenvalue weighted by molar-refractivity contribution is 7.09. The molecule has 0 spiro atoms. The van der Waals surface area contributed by atoms with E-state index in [9.17, 15) is 18.0 Å². The third-order valence-corrected chi connectivity index (χ3v) is 4.71. The summed E-state index contributed by atoms with van der Waals surface area (Å²) >= 11 is 7.15. The number of rotatable bonds is 6. The first kappa shape index (κ1) is 20.2. The zero-order valence-corrected chi connectivity index (χ0v) is 15.9. The molecule has 3 aromatic rings. The average molecular weight is 427 g/mol. The number of nitrogens with one attached hydrogen (secondary N) is 1. The predicted octanol–water partition coefficient (Wildman–Crippen LogP) is 5.58. The number of aromatic nitrogens is 1. The van der Waals surface area contributed by atoms with Crippen LogP contribution in [0.15, 0.2) is 53.9 Å². The standard InChI is InChI=1S/C19H14ClF3N2O2S/c20-13-4-6-16(7-5-13)27-10-18-25-15(11-28-18)9-17(26)24-14-3-1-2-12(8-14)19(21,22)23/h1-8,11H,9-10H2,(H,24,26). The van der Waals surface area contributed by atoms with Gasteiger partial charge in [-0.25, -0.2) is 4.98 Å². The number of benzene rings is 2. The van der Waals surface area contributed by atoms with Gasteiger partial charge in [0.05, 0.1) is 17.7 Å². The van der Waals surface area contributed by atoms with Gasteiger partial charge < -0.3 is 10.1 Å². The summed E-state index contributed by atoms with van der Waals surface area (Å²) in [6.07, 6.45) is -4.51. The number of thiazole rings is 1. The molecule has 0 bridgehead atoms. The molecule has 0 unspecified atom stereocenters. The third kappa shape index (κ3) is 5.71. The Morgan fingerprint density at radius 2 is 1.93 bits per heavy atom. The van der Waals surface area contributed by atoms with E-state index in [0.717, 1.165) is 12.1 Å². The zero-order chi connectivity index (χ0) is 20.1. The number of anilines is 1. The van der Waals surface area contributed by atoms with Crippen molar-refractivity contribution in [3.8, 4) is 5.75 Å². The Morgan fingerprint density at radius 3 is 2.64 bits per heavy atom. The largest absolute Gasteiger partial charge is 0.486 e. The molecule has 0 aliphatic heterocycles. The summed E-state index contributed by atoms with van der Waals surface area (Å²) in [7, 11) is 0. The van der Waals surface area contributed by atoms with Gasteiger partial charge in [0, 0.05) is 16.1 Å². The van der Waals surface area contributed by atoms with E-state index in [4.69, 9.17) is 16.3 Å². The maximum Gasteiger partial charge on any atom is 0.416 e. The lowest BCUT2D eigenvalue weighted by atomic mass is 10.2. The highest BCUT2D eigenvalue weighted by Crippen LogP contribution is 2.30. The highest BCUT2D eigenvalue weighted by Gasteiger charge is 2.30. The van der Waals surface area contributed by atoms with Crippen LogP contribution in [0.1, 0.15) is 16.3 Å². The van der Waals surface area contributed by atoms with Gasteiger partial charge in [0.25, 0.3) is 0 Å². The van der Waals surface area contributed by atoms with Crippen LogP contribution in [0.5, 0.6) is 5.75 Å². The maximum absolute atomic E-state index is 12.7. The smallest absolute Gasteiger partial charge is 0.416 e. The molecule has 4 nitrogen and oxygen atoms in total. The van der Waals surface area contributed by atoms with Crippen molar-refractivity contribution in [2.24, 2.45) is 0 Å². The molecule has 1 N–H and O–H groups in total. The number of carbonyl (C=O) groups is 1. The quantitative estimate of drug-likeness (QED) is 0.560. The molecule has 9 heteroatoms. The van der Waals surface area contributed by atoms with E-state index in [0.29, 0.717) is 21.5 Å². The van der Waals surface area contributed by atoms with Crippen LogP contribution in [-0.4, -0.2) is 10.9 Å². The topological polar surface area (TPSA) is 51.2 Å². The molecule has 0 atom stereocenters. The van der Waals surface area contributed by atoms with Crippen molar-refractivity contribution in [3.05, 3.63) is 75.2 Å². The summed E-state index contributed by atoms with van der Waals surface area (Å²) in [5, 5.41) is 5.46. The number of amides is 1. The lowest BCUT2D eigenvalue weighted by molar-refractivity contribution is -0.137. The van der Waals surface area contributed by atoms with Crippen molar-refractivity contribution in [1.82, 2.24) is 4.98 Å². The van der Waals surface area contributed by atoms with Crippen molar-refractivity contribution in [1.29, 1.82) is 0 Å². The van der Waals surface area contributed by atoms with Crippen LogP contribution in [0.4, 0.5) is 18.9 Å². The van der Waals surface area contributed by atoms with Gasteiger partial charge in [-0.2, -0.15) is 13.2 Å². The number of nitrogens with zero attached hydrogens (tertiary/aromatic N) is 1. The monoisotopic (exact) mass is 426 g/mol. The van der Waals surface area contributed by atoms with E-state index in [2.05, 4.69) is 10.3 Å². The Kier molecular flexibility index (Phi) is 6.21. The van der Waals surface area contributed by atoms with Crippen LogP contribution in [0.3, 0.4) is 0 Å². The highest BCUT2D eigenvalue weighted by atomic mass is 35.5. The van der Waals surface area contributed by atoms with Crippen LogP contribution in [0.25, 0.3) is 0 Å². The molecule has 1 heterocycles. The Morgan fingerprint density at radius 1 is 1.18 bits per heavy atom. The van der Waals surface area contributed by atoms with Gasteiger partial charge in [-0.05, 0) is 42.5 Å². The van der Waals surface area contributed by atoms with Gasteiger partial charge in [0.1, 0.15) is 17.4 Å². The lowest BCUT2D eigenvalue weighted by Crippen LogP contribution is -2.15. The predicted molar refractivity (Wildman–Crippen MR) is 102 cm³/mol. The van der Waals surface area contributed by atoms with E-state index in [-0.39, 0.29) is 18.7 Å². The summed E-state index contributed by atoms with van der Waals surface area (Å²) in [4.78, 5) is 16.4. The maximum atomic E-state index is 12.7. The van der Waals surface area contributed by atoms with Crippen LogP contribution in [-0.2, 0) is 24.0 Å². The van der Waals surface area contributed by atoms with E-state index in [1.807, 2.05) is 0 Å². The number of hydrogen-bond donors (Lipinski definition) is 1. The fourth-order valence-electron chi connectivity index (χ4n) is 2.32. The molecule has 1 amide bonds. The summed E-state index contributed by atoms with van der Waals surface area (Å²) in [5.74, 6) is 0.193. The average Bonchev–Trinajstić information content (AvgIpc) is 3.08. The fourth-order valence-corrected chi connectivity index (χ4v) is 3.15. The van der Waals surface area contributed by atoms with Crippen LogP contribution < -0.4 is 10.1 Å². The molecular formula is C19H14ClF3N2O2S. The summed E-state index contributed by atoms with van der Waals surface area (Å²) in [6.45, 7) is 0.238. The molecule has 1 aromatic heterocycles. The lowest BCUT2D eigenvalue weighted by Gasteiger charge is -2.09. The molecule has 0 saturated carbocycles. The van der Waals surface area contributed by atoms with Gasteiger partial charge in [-0.15, -0.1) is 11.3 Å². The Balaban J connectivity index is 1.54. The molecule has 0 aliphatic carbocycles. The minimum absolute atomic E-state index is 0.0479. The molecule has 3 rings (SSSR count). The van der Waals surface area contributed by atoms with Crippen molar-refractivity contribution in [3.63, 3.8) is 0 Å². The van der Waals surface area contributed by atoms with Gasteiger partial charge in [-0.1, -0.05) is 17.7 Å². The van der Waals surface area contributed by atoms with Gasteiger partial charge in [-0.3, -0.25) is 4.79 Å². The minimum atomic E-state index is -4.46. The molecular weight excluding hydrogens is 413 g/mol. The molecule has 2 aromatic carbocycles. The number of hydrogen-bond acceptors (Lipinski definition) is 4. The molecule has 0 radical (unpaired) electrons. The van der Waals surface area contributed by atoms with Crippen molar-refractivity contribution >= 4 is 34.5 Å². The van der Waals surface area contributed by atoms with Gasteiger partial charge in [0.2, 0.25) is 5.91 Å². The van der Waals surface area contributed by atoms with E-state index >= 15 is 0 Å². The zero-order valence-electron chi connectivity index (χ0n) is 14.3. The summed E-state index contributed by atoms with van der Waals surface area (Å²) in [6, 6.07) is 11.4. The third-order valence-electron chi connectivity index (χ3n) is 3.59. The number of halogens is 4. The molecule has 146 valence electrons. The molecule has 0 saturated heterocycles. The van der Waals surface area contributed by atoms with Crippen molar-refractivity contribution in [2.45, 2.75) is 19.2 Å². The second-order valence-corrected chi connectivity index (χ2v) is 7.16. The summed E-state index contributed by atoms with van der Waals surface area (Å²) in [5.41, 5.74) is -0.217. The molecule has 28 heavy (non-hydrogen) atoms. The number of carbonyl (C=O) groups excluding carboxylic acids is 1. The minimum Gasteiger partial charge on any atom is -0.486 e. The summed E-state index contributed by atoms with van der Waals surface area (Å²) < 4.78 is 43.8. The van der Waals surface area contributed by atoms with Crippen LogP contribution in [0, 0.1) is 0 Å². The Labute approximate surface area is 167 Å². The van der Waals surface area contributed by atoms with Crippen molar-refractivity contribution in [2.75, 3.05) is 5.32 Å². The van der Waals surface area contributed by atoms with Crippen LogP contribution in [0.2, 0.25) is 5.02 Å². The first-order valence-electron chi connectivity index (χ1n) is 8.08.